The maximum atomic E-state index is 13.2. The van der Waals surface area contributed by atoms with E-state index < -0.39 is 23.5 Å². The molecule has 4 N–H and O–H groups in total. The van der Waals surface area contributed by atoms with Crippen molar-refractivity contribution >= 4 is 35.0 Å². The molecule has 1 aliphatic rings. The number of carbonyl (C=O) groups excluding carboxylic acids is 3. The standard InChI is InChI=1S/C25H26ClFN6O3/c1-32-12-2-3-17(32)10-11-29-25(36)21-22(23(28)34)33(14-30-21)18-7-5-16(6-8-18)31-24(35)19-9-4-15(27)13-20(19)26/h4-9,13-14,17H,2-3,10-12H2,1H3,(H2,28,34)(H,29,36)(H,31,35). The molecule has 1 saturated heterocycles. The van der Waals surface area contributed by atoms with E-state index in [0.717, 1.165) is 37.9 Å². The second-order valence-electron chi connectivity index (χ2n) is 8.62. The van der Waals surface area contributed by atoms with E-state index in [2.05, 4.69) is 27.6 Å². The molecule has 2 heterocycles. The van der Waals surface area contributed by atoms with Gasteiger partial charge in [-0.15, -0.1) is 0 Å². The van der Waals surface area contributed by atoms with Crippen LogP contribution >= 0.6 is 11.6 Å². The Morgan fingerprint density at radius 1 is 1.17 bits per heavy atom. The molecule has 0 radical (unpaired) electrons. The molecule has 1 aromatic heterocycles. The van der Waals surface area contributed by atoms with E-state index >= 15 is 0 Å². The molecule has 3 aromatic rings. The lowest BCUT2D eigenvalue weighted by molar-refractivity contribution is 0.0927. The van der Waals surface area contributed by atoms with Crippen molar-refractivity contribution in [3.63, 3.8) is 0 Å². The molecular weight excluding hydrogens is 487 g/mol. The molecular formula is C25H26ClFN6O3. The summed E-state index contributed by atoms with van der Waals surface area (Å²) in [5, 5.41) is 5.50. The summed E-state index contributed by atoms with van der Waals surface area (Å²) in [7, 11) is 2.07. The summed E-state index contributed by atoms with van der Waals surface area (Å²) in [5.74, 6) is -2.31. The Hall–Kier alpha value is -3.76. The lowest BCUT2D eigenvalue weighted by atomic mass is 10.1. The summed E-state index contributed by atoms with van der Waals surface area (Å²) in [4.78, 5) is 43.8. The van der Waals surface area contributed by atoms with Gasteiger partial charge >= 0.3 is 0 Å². The first-order chi connectivity index (χ1) is 17.2. The summed E-state index contributed by atoms with van der Waals surface area (Å²) in [6, 6.07) is 10.4. The van der Waals surface area contributed by atoms with Gasteiger partial charge in [0.05, 0.1) is 10.6 Å². The molecule has 3 amide bonds. The predicted octanol–water partition coefficient (Wildman–Crippen LogP) is 3.23. The van der Waals surface area contributed by atoms with E-state index in [0.29, 0.717) is 24.0 Å². The Morgan fingerprint density at radius 3 is 2.56 bits per heavy atom. The Kier molecular flexibility index (Phi) is 7.66. The zero-order valence-corrected chi connectivity index (χ0v) is 20.4. The largest absolute Gasteiger partial charge is 0.364 e. The molecule has 0 aliphatic carbocycles. The van der Waals surface area contributed by atoms with Gasteiger partial charge in [-0.1, -0.05) is 11.6 Å². The van der Waals surface area contributed by atoms with Gasteiger partial charge < -0.3 is 21.3 Å². The fourth-order valence-corrected chi connectivity index (χ4v) is 4.56. The zero-order chi connectivity index (χ0) is 25.8. The molecule has 1 fully saturated rings. The summed E-state index contributed by atoms with van der Waals surface area (Å²) in [5.41, 5.74) is 6.58. The topological polar surface area (TPSA) is 122 Å². The SMILES string of the molecule is CN1CCCC1CCNC(=O)c1ncn(-c2ccc(NC(=O)c3ccc(F)cc3Cl)cc2)c1C(N)=O. The summed E-state index contributed by atoms with van der Waals surface area (Å²) >= 11 is 5.95. The molecule has 36 heavy (non-hydrogen) atoms. The van der Waals surface area contributed by atoms with E-state index in [-0.39, 0.29) is 22.0 Å². The molecule has 4 rings (SSSR count). The number of amides is 3. The highest BCUT2D eigenvalue weighted by molar-refractivity contribution is 6.34. The van der Waals surface area contributed by atoms with E-state index in [1.54, 1.807) is 24.3 Å². The van der Waals surface area contributed by atoms with Crippen LogP contribution in [0.3, 0.4) is 0 Å². The summed E-state index contributed by atoms with van der Waals surface area (Å²) in [6.07, 6.45) is 4.41. The Balaban J connectivity index is 1.45. The minimum Gasteiger partial charge on any atom is -0.364 e. The van der Waals surface area contributed by atoms with Crippen molar-refractivity contribution in [3.8, 4) is 5.69 Å². The van der Waals surface area contributed by atoms with Crippen LogP contribution in [0.4, 0.5) is 10.1 Å². The first-order valence-corrected chi connectivity index (χ1v) is 11.8. The number of carbonyl (C=O) groups is 3. The average Bonchev–Trinajstić information content (AvgIpc) is 3.46. The lowest BCUT2D eigenvalue weighted by Gasteiger charge is -2.19. The fourth-order valence-electron chi connectivity index (χ4n) is 4.30. The lowest BCUT2D eigenvalue weighted by Crippen LogP contribution is -2.33. The van der Waals surface area contributed by atoms with Crippen LogP contribution < -0.4 is 16.4 Å². The van der Waals surface area contributed by atoms with Gasteiger partial charge in [0.15, 0.2) is 5.69 Å². The molecule has 1 aliphatic heterocycles. The van der Waals surface area contributed by atoms with Gasteiger partial charge in [-0.25, -0.2) is 9.37 Å². The highest BCUT2D eigenvalue weighted by atomic mass is 35.5. The molecule has 1 unspecified atom stereocenters. The molecule has 11 heteroatoms. The van der Waals surface area contributed by atoms with Crippen LogP contribution in [0, 0.1) is 5.82 Å². The predicted molar refractivity (Wildman–Crippen MR) is 134 cm³/mol. The van der Waals surface area contributed by atoms with Crippen molar-refractivity contribution in [1.82, 2.24) is 19.8 Å². The number of aromatic nitrogens is 2. The van der Waals surface area contributed by atoms with Crippen molar-refractivity contribution in [2.75, 3.05) is 25.5 Å². The summed E-state index contributed by atoms with van der Waals surface area (Å²) < 4.78 is 14.7. The Morgan fingerprint density at radius 2 is 1.92 bits per heavy atom. The number of hydrogen-bond acceptors (Lipinski definition) is 5. The molecule has 0 bridgehead atoms. The minimum atomic E-state index is -0.795. The Labute approximate surface area is 212 Å². The first-order valence-electron chi connectivity index (χ1n) is 11.5. The van der Waals surface area contributed by atoms with Crippen molar-refractivity contribution in [2.45, 2.75) is 25.3 Å². The number of nitrogens with two attached hydrogens (primary N) is 1. The molecule has 188 valence electrons. The average molecular weight is 513 g/mol. The van der Waals surface area contributed by atoms with Crippen LogP contribution in [0.1, 0.15) is 50.6 Å². The number of benzene rings is 2. The normalized spacial score (nSPS) is 15.6. The van der Waals surface area contributed by atoms with Gasteiger partial charge in [0, 0.05) is 24.0 Å². The van der Waals surface area contributed by atoms with Crippen LogP contribution in [-0.4, -0.2) is 58.4 Å². The number of primary amides is 1. The number of likely N-dealkylation sites (tertiary alicyclic amines) is 1. The third kappa shape index (κ3) is 5.55. The second-order valence-corrected chi connectivity index (χ2v) is 9.03. The van der Waals surface area contributed by atoms with Gasteiger partial charge in [-0.2, -0.15) is 0 Å². The molecule has 0 spiro atoms. The van der Waals surface area contributed by atoms with Crippen molar-refractivity contribution in [2.24, 2.45) is 5.73 Å². The minimum absolute atomic E-state index is 0.00490. The highest BCUT2D eigenvalue weighted by Crippen LogP contribution is 2.21. The van der Waals surface area contributed by atoms with Crippen molar-refractivity contribution < 1.29 is 18.8 Å². The number of anilines is 1. The molecule has 9 nitrogen and oxygen atoms in total. The third-order valence-corrected chi connectivity index (χ3v) is 6.54. The van der Waals surface area contributed by atoms with Crippen molar-refractivity contribution in [1.29, 1.82) is 0 Å². The van der Waals surface area contributed by atoms with Crippen LogP contribution in [0.25, 0.3) is 5.69 Å². The number of imidazole rings is 1. The quantitative estimate of drug-likeness (QED) is 0.427. The number of rotatable bonds is 8. The van der Waals surface area contributed by atoms with Crippen LogP contribution in [0.5, 0.6) is 0 Å². The van der Waals surface area contributed by atoms with Gasteiger partial charge in [0.1, 0.15) is 17.8 Å². The molecule has 0 saturated carbocycles. The van der Waals surface area contributed by atoms with Gasteiger partial charge in [0.2, 0.25) is 0 Å². The van der Waals surface area contributed by atoms with Crippen LogP contribution in [0.2, 0.25) is 5.02 Å². The number of halogens is 2. The Bertz CT molecular complexity index is 1290. The second kappa shape index (κ2) is 10.9. The van der Waals surface area contributed by atoms with Crippen LogP contribution in [0.15, 0.2) is 48.8 Å². The van der Waals surface area contributed by atoms with Crippen molar-refractivity contribution in [3.05, 3.63) is 76.6 Å². The van der Waals surface area contributed by atoms with Crippen LogP contribution in [-0.2, 0) is 0 Å². The molecule has 1 atom stereocenters. The van der Waals surface area contributed by atoms with E-state index in [9.17, 15) is 18.8 Å². The monoisotopic (exact) mass is 512 g/mol. The zero-order valence-electron chi connectivity index (χ0n) is 19.6. The number of hydrogen-bond donors (Lipinski definition) is 3. The number of nitrogens with one attached hydrogen (secondary N) is 2. The van der Waals surface area contributed by atoms with Gasteiger partial charge in [-0.3, -0.25) is 19.0 Å². The highest BCUT2D eigenvalue weighted by Gasteiger charge is 2.24. The first kappa shape index (κ1) is 25.3. The molecule has 2 aromatic carbocycles. The smallest absolute Gasteiger partial charge is 0.272 e. The fraction of sp³-hybridized carbons (Fsp3) is 0.280. The van der Waals surface area contributed by atoms with Gasteiger partial charge in [-0.05, 0) is 75.3 Å². The third-order valence-electron chi connectivity index (χ3n) is 6.23. The maximum Gasteiger partial charge on any atom is 0.272 e. The van der Waals surface area contributed by atoms with Gasteiger partial charge in [0.25, 0.3) is 17.7 Å². The van der Waals surface area contributed by atoms with E-state index in [4.69, 9.17) is 17.3 Å². The maximum absolute atomic E-state index is 13.2. The van der Waals surface area contributed by atoms with E-state index in [1.807, 2.05) is 0 Å². The van der Waals surface area contributed by atoms with E-state index in [1.165, 1.54) is 17.0 Å². The summed E-state index contributed by atoms with van der Waals surface area (Å²) in [6.45, 7) is 1.52. The number of nitrogens with zero attached hydrogens (tertiary/aromatic N) is 3.